The fourth-order valence-corrected chi connectivity index (χ4v) is 3.57. The van der Waals surface area contributed by atoms with Crippen LogP contribution in [0.2, 0.25) is 0 Å². The largest absolute Gasteiger partial charge is 0.480 e. The molecule has 1 aromatic rings. The van der Waals surface area contributed by atoms with E-state index in [2.05, 4.69) is 0 Å². The Balaban J connectivity index is 2.91. The summed E-state index contributed by atoms with van der Waals surface area (Å²) in [4.78, 5) is 10.9. The van der Waals surface area contributed by atoms with Crippen LogP contribution in [0.3, 0.4) is 0 Å². The molecular formula is C9H12O3S2. The Morgan fingerprint density at radius 3 is 2.57 bits per heavy atom. The van der Waals surface area contributed by atoms with Gasteiger partial charge in [0.25, 0.3) is 0 Å². The lowest BCUT2D eigenvalue weighted by Crippen LogP contribution is -2.30. The van der Waals surface area contributed by atoms with Crippen molar-refractivity contribution in [2.24, 2.45) is 5.92 Å². The van der Waals surface area contributed by atoms with Crippen LogP contribution < -0.4 is 0 Å². The highest BCUT2D eigenvalue weighted by Gasteiger charge is 2.29. The molecule has 3 nitrogen and oxygen atoms in total. The Bertz CT molecular complexity index is 330. The van der Waals surface area contributed by atoms with Gasteiger partial charge in [-0.25, -0.2) is 0 Å². The second kappa shape index (κ2) is 4.70. The summed E-state index contributed by atoms with van der Waals surface area (Å²) in [6.07, 6.45) is 0. The van der Waals surface area contributed by atoms with Gasteiger partial charge in [-0.05, 0) is 17.4 Å². The number of rotatable bonds is 4. The van der Waals surface area contributed by atoms with Gasteiger partial charge in [0.05, 0.1) is 15.0 Å². The van der Waals surface area contributed by atoms with Gasteiger partial charge in [-0.15, -0.1) is 11.3 Å². The molecular weight excluding hydrogens is 220 g/mol. The molecule has 5 heteroatoms. The Labute approximate surface area is 89.2 Å². The van der Waals surface area contributed by atoms with Gasteiger partial charge in [-0.3, -0.25) is 9.00 Å². The van der Waals surface area contributed by atoms with Crippen molar-refractivity contribution < 1.29 is 14.1 Å². The van der Waals surface area contributed by atoms with Gasteiger partial charge in [-0.2, -0.15) is 0 Å². The molecule has 2 unspecified atom stereocenters. The average molecular weight is 232 g/mol. The summed E-state index contributed by atoms with van der Waals surface area (Å²) in [5.41, 5.74) is 0. The van der Waals surface area contributed by atoms with E-state index < -0.39 is 22.0 Å². The fraction of sp³-hybridized carbons (Fsp3) is 0.444. The molecule has 78 valence electrons. The van der Waals surface area contributed by atoms with E-state index in [0.29, 0.717) is 4.21 Å². The van der Waals surface area contributed by atoms with Crippen LogP contribution in [0.25, 0.3) is 0 Å². The van der Waals surface area contributed by atoms with Crippen molar-refractivity contribution in [1.29, 1.82) is 0 Å². The molecule has 0 aliphatic carbocycles. The molecule has 0 aromatic carbocycles. The van der Waals surface area contributed by atoms with Crippen molar-refractivity contribution in [2.75, 3.05) is 0 Å². The number of carboxylic acid groups (broad SMARTS) is 1. The maximum absolute atomic E-state index is 11.8. The highest BCUT2D eigenvalue weighted by Crippen LogP contribution is 2.21. The van der Waals surface area contributed by atoms with Crippen LogP contribution in [0.15, 0.2) is 21.7 Å². The zero-order chi connectivity index (χ0) is 10.7. The van der Waals surface area contributed by atoms with E-state index in [1.165, 1.54) is 11.3 Å². The second-order valence-corrected chi connectivity index (χ2v) is 5.98. The van der Waals surface area contributed by atoms with Gasteiger partial charge in [0.15, 0.2) is 0 Å². The van der Waals surface area contributed by atoms with Crippen LogP contribution in [0, 0.1) is 5.92 Å². The number of hydrogen-bond donors (Lipinski definition) is 1. The van der Waals surface area contributed by atoms with Crippen LogP contribution in [0.5, 0.6) is 0 Å². The van der Waals surface area contributed by atoms with E-state index >= 15 is 0 Å². The molecule has 0 amide bonds. The minimum atomic E-state index is -1.43. The molecule has 0 fully saturated rings. The SMILES string of the molecule is CC(C)C(C(=O)O)S(=O)c1cccs1. The van der Waals surface area contributed by atoms with Crippen LogP contribution in [-0.2, 0) is 15.6 Å². The minimum Gasteiger partial charge on any atom is -0.480 e. The van der Waals surface area contributed by atoms with E-state index in [-0.39, 0.29) is 5.92 Å². The quantitative estimate of drug-likeness (QED) is 0.863. The lowest BCUT2D eigenvalue weighted by molar-refractivity contribution is -0.137. The zero-order valence-corrected chi connectivity index (χ0v) is 9.60. The molecule has 1 rings (SSSR count). The number of hydrogen-bond acceptors (Lipinski definition) is 3. The van der Waals surface area contributed by atoms with Crippen LogP contribution in [0.1, 0.15) is 13.8 Å². The van der Waals surface area contributed by atoms with Gasteiger partial charge >= 0.3 is 5.97 Å². The number of carboxylic acids is 1. The number of aliphatic carboxylic acids is 1. The van der Waals surface area contributed by atoms with Gasteiger partial charge in [-0.1, -0.05) is 19.9 Å². The molecule has 0 spiro atoms. The summed E-state index contributed by atoms with van der Waals surface area (Å²) in [6.45, 7) is 3.54. The molecule has 0 saturated heterocycles. The number of thiophene rings is 1. The van der Waals surface area contributed by atoms with Crippen molar-refractivity contribution in [3.8, 4) is 0 Å². The highest BCUT2D eigenvalue weighted by molar-refractivity contribution is 7.88. The minimum absolute atomic E-state index is 0.129. The first-order valence-corrected chi connectivity index (χ1v) is 6.30. The smallest absolute Gasteiger partial charge is 0.319 e. The molecule has 1 heterocycles. The average Bonchev–Trinajstić information content (AvgIpc) is 2.53. The third kappa shape index (κ3) is 2.42. The van der Waals surface area contributed by atoms with E-state index in [0.717, 1.165) is 0 Å². The highest BCUT2D eigenvalue weighted by atomic mass is 32.2. The maximum atomic E-state index is 11.8. The Hall–Kier alpha value is -0.680. The topological polar surface area (TPSA) is 54.4 Å². The van der Waals surface area contributed by atoms with Crippen molar-refractivity contribution in [1.82, 2.24) is 0 Å². The summed E-state index contributed by atoms with van der Waals surface area (Å²) in [5.74, 6) is -1.12. The Kier molecular flexibility index (Phi) is 3.83. The van der Waals surface area contributed by atoms with Crippen molar-refractivity contribution in [2.45, 2.75) is 23.3 Å². The molecule has 0 aliphatic rings. The zero-order valence-electron chi connectivity index (χ0n) is 7.97. The van der Waals surface area contributed by atoms with Crippen molar-refractivity contribution in [3.05, 3.63) is 17.5 Å². The van der Waals surface area contributed by atoms with Crippen LogP contribution in [0.4, 0.5) is 0 Å². The van der Waals surface area contributed by atoms with Gasteiger partial charge < -0.3 is 5.11 Å². The van der Waals surface area contributed by atoms with Crippen LogP contribution >= 0.6 is 11.3 Å². The van der Waals surface area contributed by atoms with E-state index in [9.17, 15) is 9.00 Å². The monoisotopic (exact) mass is 232 g/mol. The lowest BCUT2D eigenvalue weighted by atomic mass is 10.1. The summed E-state index contributed by atoms with van der Waals surface area (Å²) >= 11 is 1.33. The first-order valence-electron chi connectivity index (χ1n) is 4.21. The predicted molar refractivity (Wildman–Crippen MR) is 57.0 cm³/mol. The van der Waals surface area contributed by atoms with Gasteiger partial charge in [0, 0.05) is 0 Å². The maximum Gasteiger partial charge on any atom is 0.319 e. The molecule has 1 N–H and O–H groups in total. The summed E-state index contributed by atoms with van der Waals surface area (Å²) in [5, 5.41) is 9.91. The van der Waals surface area contributed by atoms with Gasteiger partial charge in [0.1, 0.15) is 5.25 Å². The Morgan fingerprint density at radius 1 is 1.57 bits per heavy atom. The summed E-state index contributed by atoms with van der Waals surface area (Å²) in [6, 6.07) is 3.48. The molecule has 0 saturated carbocycles. The first kappa shape index (κ1) is 11.4. The van der Waals surface area contributed by atoms with E-state index in [4.69, 9.17) is 5.11 Å². The predicted octanol–water partition coefficient (Wildman–Crippen LogP) is 1.96. The van der Waals surface area contributed by atoms with Crippen molar-refractivity contribution in [3.63, 3.8) is 0 Å². The van der Waals surface area contributed by atoms with E-state index in [1.54, 1.807) is 31.4 Å². The normalized spacial score (nSPS) is 15.4. The van der Waals surface area contributed by atoms with Crippen LogP contribution in [-0.4, -0.2) is 20.5 Å². The lowest BCUT2D eigenvalue weighted by Gasteiger charge is -2.14. The van der Waals surface area contributed by atoms with E-state index in [1.807, 2.05) is 0 Å². The van der Waals surface area contributed by atoms with Crippen molar-refractivity contribution >= 4 is 28.1 Å². The summed E-state index contributed by atoms with van der Waals surface area (Å²) in [7, 11) is -1.43. The molecule has 1 aromatic heterocycles. The third-order valence-electron chi connectivity index (χ3n) is 1.77. The molecule has 0 radical (unpaired) electrons. The standard InChI is InChI=1S/C9H12O3S2/c1-6(2)8(9(10)11)14(12)7-4-3-5-13-7/h3-6,8H,1-2H3,(H,10,11). The number of carbonyl (C=O) groups is 1. The summed E-state index contributed by atoms with van der Waals surface area (Å²) < 4.78 is 12.5. The molecule has 2 atom stereocenters. The third-order valence-corrected chi connectivity index (χ3v) is 4.96. The Morgan fingerprint density at radius 2 is 2.21 bits per heavy atom. The molecule has 14 heavy (non-hydrogen) atoms. The second-order valence-electron chi connectivity index (χ2n) is 3.23. The van der Waals surface area contributed by atoms with Gasteiger partial charge in [0.2, 0.25) is 0 Å². The fourth-order valence-electron chi connectivity index (χ4n) is 1.13. The molecule has 0 aliphatic heterocycles. The molecule has 0 bridgehead atoms. The first-order chi connectivity index (χ1) is 6.54.